The van der Waals surface area contributed by atoms with Gasteiger partial charge in [0.2, 0.25) is 0 Å². The van der Waals surface area contributed by atoms with Gasteiger partial charge in [0, 0.05) is 13.2 Å². The Bertz CT molecular complexity index is 159. The maximum atomic E-state index is 5.68. The van der Waals surface area contributed by atoms with E-state index in [0.29, 0.717) is 12.8 Å². The molecule has 2 aliphatic rings. The van der Waals surface area contributed by atoms with Crippen LogP contribution in [0.5, 0.6) is 0 Å². The highest BCUT2D eigenvalue weighted by molar-refractivity contribution is 4.94. The van der Waals surface area contributed by atoms with Crippen molar-refractivity contribution >= 4 is 0 Å². The van der Waals surface area contributed by atoms with Gasteiger partial charge < -0.3 is 9.47 Å². The van der Waals surface area contributed by atoms with Crippen LogP contribution in [0, 0.1) is 0 Å². The van der Waals surface area contributed by atoms with Gasteiger partial charge in [-0.3, -0.25) is 5.32 Å². The summed E-state index contributed by atoms with van der Waals surface area (Å²) in [5.41, 5.74) is -0.0288. The van der Waals surface area contributed by atoms with Crippen LogP contribution in [-0.2, 0) is 9.47 Å². The van der Waals surface area contributed by atoms with Crippen molar-refractivity contribution < 1.29 is 9.47 Å². The van der Waals surface area contributed by atoms with Gasteiger partial charge in [0.15, 0.2) is 0 Å². The lowest BCUT2D eigenvalue weighted by Gasteiger charge is -2.34. The van der Waals surface area contributed by atoms with E-state index in [-0.39, 0.29) is 5.72 Å². The predicted molar refractivity (Wildman–Crippen MR) is 45.7 cm³/mol. The molecule has 0 aromatic heterocycles. The van der Waals surface area contributed by atoms with Gasteiger partial charge in [0.25, 0.3) is 0 Å². The molecule has 0 aromatic carbocycles. The summed E-state index contributed by atoms with van der Waals surface area (Å²) in [6, 6.07) is 0.704. The quantitative estimate of drug-likeness (QED) is 0.648. The summed E-state index contributed by atoms with van der Waals surface area (Å²) in [7, 11) is 1.67. The fourth-order valence-electron chi connectivity index (χ4n) is 2.33. The molecule has 0 aliphatic carbocycles. The van der Waals surface area contributed by atoms with Crippen LogP contribution < -0.4 is 5.32 Å². The Morgan fingerprint density at radius 3 is 3.17 bits per heavy atom. The first-order valence-corrected chi connectivity index (χ1v) is 4.75. The topological polar surface area (TPSA) is 30.5 Å². The highest BCUT2D eigenvalue weighted by Crippen LogP contribution is 2.36. The zero-order valence-corrected chi connectivity index (χ0v) is 7.64. The molecule has 2 fully saturated rings. The van der Waals surface area contributed by atoms with Crippen LogP contribution in [-0.4, -0.2) is 25.7 Å². The van der Waals surface area contributed by atoms with Gasteiger partial charge >= 0.3 is 0 Å². The van der Waals surface area contributed by atoms with Gasteiger partial charge in [-0.25, -0.2) is 0 Å². The largest absolute Gasteiger partial charge is 0.359 e. The average molecular weight is 171 g/mol. The van der Waals surface area contributed by atoms with Crippen LogP contribution >= 0.6 is 0 Å². The second kappa shape index (κ2) is 3.32. The number of methoxy groups -OCH3 is 1. The van der Waals surface area contributed by atoms with Gasteiger partial charge in [-0.2, -0.15) is 0 Å². The van der Waals surface area contributed by atoms with Crippen molar-refractivity contribution in [1.82, 2.24) is 5.32 Å². The Labute approximate surface area is 73.4 Å². The van der Waals surface area contributed by atoms with Crippen molar-refractivity contribution in [3.63, 3.8) is 0 Å². The normalized spacial score (nSPS) is 40.2. The third kappa shape index (κ3) is 1.49. The smallest absolute Gasteiger partial charge is 0.148 e. The minimum Gasteiger partial charge on any atom is -0.359 e. The first-order chi connectivity index (χ1) is 5.85. The van der Waals surface area contributed by atoms with Gasteiger partial charge in [-0.05, 0) is 32.1 Å². The molecule has 2 bridgehead atoms. The van der Waals surface area contributed by atoms with E-state index >= 15 is 0 Å². The van der Waals surface area contributed by atoms with Crippen molar-refractivity contribution in [1.29, 1.82) is 0 Å². The number of hydrogen-bond donors (Lipinski definition) is 1. The monoisotopic (exact) mass is 171 g/mol. The molecule has 2 unspecified atom stereocenters. The van der Waals surface area contributed by atoms with E-state index < -0.39 is 0 Å². The van der Waals surface area contributed by atoms with E-state index in [2.05, 4.69) is 5.32 Å². The van der Waals surface area contributed by atoms with Gasteiger partial charge in [0.05, 0.1) is 0 Å². The van der Waals surface area contributed by atoms with Crippen LogP contribution in [0.2, 0.25) is 0 Å². The number of fused-ring (bicyclic) bond motifs is 2. The summed E-state index contributed by atoms with van der Waals surface area (Å²) in [5, 5.41) is 3.54. The van der Waals surface area contributed by atoms with Gasteiger partial charge in [0.1, 0.15) is 12.5 Å². The predicted octanol–water partition coefficient (Wildman–Crippen LogP) is 1.24. The van der Waals surface area contributed by atoms with Crippen molar-refractivity contribution in [2.24, 2.45) is 0 Å². The fraction of sp³-hybridized carbons (Fsp3) is 1.00. The SMILES string of the molecule is COCOC12CCCC(CC1)N2. The van der Waals surface area contributed by atoms with Crippen molar-refractivity contribution in [2.75, 3.05) is 13.9 Å². The molecule has 0 saturated carbocycles. The summed E-state index contributed by atoms with van der Waals surface area (Å²) in [4.78, 5) is 0. The Kier molecular flexibility index (Phi) is 2.35. The first kappa shape index (κ1) is 8.48. The molecular weight excluding hydrogens is 154 g/mol. The first-order valence-electron chi connectivity index (χ1n) is 4.75. The molecule has 0 aromatic rings. The molecular formula is C9H17NO2. The lowest BCUT2D eigenvalue weighted by molar-refractivity contribution is -0.149. The summed E-state index contributed by atoms with van der Waals surface area (Å²) < 4.78 is 10.6. The maximum Gasteiger partial charge on any atom is 0.148 e. The molecule has 0 spiro atoms. The Morgan fingerprint density at radius 1 is 1.42 bits per heavy atom. The van der Waals surface area contributed by atoms with E-state index in [1.54, 1.807) is 7.11 Å². The number of ether oxygens (including phenoxy) is 2. The molecule has 70 valence electrons. The Morgan fingerprint density at radius 2 is 2.33 bits per heavy atom. The van der Waals surface area contributed by atoms with E-state index in [4.69, 9.17) is 9.47 Å². The fourth-order valence-corrected chi connectivity index (χ4v) is 2.33. The minimum atomic E-state index is -0.0288. The molecule has 2 heterocycles. The van der Waals surface area contributed by atoms with Crippen molar-refractivity contribution in [2.45, 2.75) is 43.9 Å². The molecule has 0 radical (unpaired) electrons. The summed E-state index contributed by atoms with van der Waals surface area (Å²) >= 11 is 0. The van der Waals surface area contributed by atoms with Crippen LogP contribution in [0.25, 0.3) is 0 Å². The standard InChI is InChI=1S/C9H17NO2/c1-11-7-12-9-5-2-3-8(10-9)4-6-9/h8,10H,2-7H2,1H3. The van der Waals surface area contributed by atoms with Crippen molar-refractivity contribution in [3.05, 3.63) is 0 Å². The van der Waals surface area contributed by atoms with Crippen LogP contribution in [0.3, 0.4) is 0 Å². The summed E-state index contributed by atoms with van der Waals surface area (Å²) in [6.07, 6.45) is 6.18. The van der Waals surface area contributed by atoms with E-state index in [1.807, 2.05) is 0 Å². The minimum absolute atomic E-state index is 0.0288. The molecule has 2 atom stereocenters. The second-order valence-electron chi connectivity index (χ2n) is 3.82. The third-order valence-corrected chi connectivity index (χ3v) is 2.95. The number of rotatable bonds is 3. The van der Waals surface area contributed by atoms with Crippen molar-refractivity contribution in [3.8, 4) is 0 Å². The molecule has 1 N–H and O–H groups in total. The van der Waals surface area contributed by atoms with E-state index in [1.165, 1.54) is 19.3 Å². The molecule has 0 amide bonds. The third-order valence-electron chi connectivity index (χ3n) is 2.95. The molecule has 2 saturated heterocycles. The molecule has 3 heteroatoms. The lowest BCUT2D eigenvalue weighted by atomic mass is 10.0. The zero-order valence-electron chi connectivity index (χ0n) is 7.64. The van der Waals surface area contributed by atoms with Gasteiger partial charge in [-0.15, -0.1) is 0 Å². The lowest BCUT2D eigenvalue weighted by Crippen LogP contribution is -2.48. The summed E-state index contributed by atoms with van der Waals surface area (Å²) in [6.45, 7) is 0.416. The molecule has 3 nitrogen and oxygen atoms in total. The molecule has 2 aliphatic heterocycles. The van der Waals surface area contributed by atoms with Gasteiger partial charge in [-0.1, -0.05) is 0 Å². The zero-order chi connectivity index (χ0) is 8.44. The Balaban J connectivity index is 1.91. The maximum absolute atomic E-state index is 5.68. The van der Waals surface area contributed by atoms with Crippen LogP contribution in [0.4, 0.5) is 0 Å². The second-order valence-corrected chi connectivity index (χ2v) is 3.82. The highest BCUT2D eigenvalue weighted by atomic mass is 16.7. The highest BCUT2D eigenvalue weighted by Gasteiger charge is 2.42. The number of piperidine rings is 1. The molecule has 2 rings (SSSR count). The van der Waals surface area contributed by atoms with E-state index in [9.17, 15) is 0 Å². The average Bonchev–Trinajstić information content (AvgIpc) is 2.40. The summed E-state index contributed by atoms with van der Waals surface area (Å²) in [5.74, 6) is 0. The number of hydrogen-bond acceptors (Lipinski definition) is 3. The van der Waals surface area contributed by atoms with E-state index in [0.717, 1.165) is 12.8 Å². The van der Waals surface area contributed by atoms with Crippen LogP contribution in [0.1, 0.15) is 32.1 Å². The van der Waals surface area contributed by atoms with Crippen LogP contribution in [0.15, 0.2) is 0 Å². The molecule has 12 heavy (non-hydrogen) atoms. The number of nitrogens with one attached hydrogen (secondary N) is 1. The Hall–Kier alpha value is -0.120.